The van der Waals surface area contributed by atoms with E-state index < -0.39 is 0 Å². The highest BCUT2D eigenvalue weighted by Crippen LogP contribution is 2.49. The van der Waals surface area contributed by atoms with Crippen molar-refractivity contribution in [3.05, 3.63) is 29.8 Å². The van der Waals surface area contributed by atoms with Crippen molar-refractivity contribution in [1.82, 2.24) is 0 Å². The molecule has 0 radical (unpaired) electrons. The lowest BCUT2D eigenvalue weighted by atomic mass is 9.84. The van der Waals surface area contributed by atoms with Gasteiger partial charge in [-0.2, -0.15) is 0 Å². The highest BCUT2D eigenvalue weighted by atomic mass is 16.3. The molecule has 2 heteroatoms. The molecule has 1 aromatic carbocycles. The lowest BCUT2D eigenvalue weighted by Gasteiger charge is -2.25. The van der Waals surface area contributed by atoms with Crippen molar-refractivity contribution in [2.45, 2.75) is 38.6 Å². The first-order valence-corrected chi connectivity index (χ1v) is 7.04. The zero-order valence-electron chi connectivity index (χ0n) is 10.9. The quantitative estimate of drug-likeness (QED) is 0.808. The van der Waals surface area contributed by atoms with Gasteiger partial charge in [-0.3, -0.25) is 4.99 Å². The van der Waals surface area contributed by atoms with Gasteiger partial charge in [-0.15, -0.1) is 0 Å². The van der Waals surface area contributed by atoms with Crippen LogP contribution in [0.2, 0.25) is 0 Å². The van der Waals surface area contributed by atoms with Gasteiger partial charge in [0.05, 0.1) is 6.04 Å². The predicted octanol–water partition coefficient (Wildman–Crippen LogP) is 3.64. The van der Waals surface area contributed by atoms with E-state index in [1.54, 1.807) is 12.1 Å². The number of aliphatic imine (C=N–C) groups is 1. The second-order valence-corrected chi connectivity index (χ2v) is 5.95. The summed E-state index contributed by atoms with van der Waals surface area (Å²) in [5.41, 5.74) is 1.07. The van der Waals surface area contributed by atoms with Gasteiger partial charge in [0.15, 0.2) is 0 Å². The first-order chi connectivity index (χ1) is 8.72. The van der Waals surface area contributed by atoms with E-state index in [-0.39, 0.29) is 0 Å². The molecule has 96 valence electrons. The summed E-state index contributed by atoms with van der Waals surface area (Å²) in [4.78, 5) is 4.72. The molecular weight excluding hydrogens is 222 g/mol. The van der Waals surface area contributed by atoms with E-state index in [9.17, 15) is 5.11 Å². The number of fused-ring (bicyclic) bond motifs is 2. The predicted molar refractivity (Wildman–Crippen MR) is 74.1 cm³/mol. The van der Waals surface area contributed by atoms with Gasteiger partial charge in [-0.05, 0) is 73.8 Å². The Kier molecular flexibility index (Phi) is 3.11. The molecule has 0 spiro atoms. The van der Waals surface area contributed by atoms with Crippen molar-refractivity contribution < 1.29 is 5.11 Å². The summed E-state index contributed by atoms with van der Waals surface area (Å²) in [6.45, 7) is 2.25. The number of phenolic OH excluding ortho intramolecular Hbond substituents is 1. The third-order valence-corrected chi connectivity index (χ3v) is 4.76. The van der Waals surface area contributed by atoms with E-state index in [4.69, 9.17) is 4.99 Å². The van der Waals surface area contributed by atoms with Crippen LogP contribution >= 0.6 is 0 Å². The third kappa shape index (κ3) is 2.29. The Morgan fingerprint density at radius 2 is 2.00 bits per heavy atom. The molecule has 2 bridgehead atoms. The average Bonchev–Trinajstić information content (AvgIpc) is 3.00. The van der Waals surface area contributed by atoms with Crippen LogP contribution in [0.25, 0.3) is 0 Å². The highest BCUT2D eigenvalue weighted by Gasteiger charge is 2.41. The van der Waals surface area contributed by atoms with Crippen LogP contribution in [0.5, 0.6) is 5.75 Å². The molecule has 2 fully saturated rings. The van der Waals surface area contributed by atoms with Crippen molar-refractivity contribution in [3.63, 3.8) is 0 Å². The minimum absolute atomic E-state index is 0.313. The van der Waals surface area contributed by atoms with Crippen molar-refractivity contribution in [2.24, 2.45) is 22.7 Å². The molecule has 0 aromatic heterocycles. The average molecular weight is 243 g/mol. The van der Waals surface area contributed by atoms with Crippen LogP contribution in [0.1, 0.15) is 38.2 Å². The fourth-order valence-electron chi connectivity index (χ4n) is 3.76. The number of hydrogen-bond acceptors (Lipinski definition) is 2. The van der Waals surface area contributed by atoms with Crippen LogP contribution < -0.4 is 0 Å². The van der Waals surface area contributed by atoms with Crippen LogP contribution in [-0.2, 0) is 0 Å². The summed E-state index contributed by atoms with van der Waals surface area (Å²) in [6, 6.07) is 7.68. The van der Waals surface area contributed by atoms with Gasteiger partial charge in [-0.25, -0.2) is 0 Å². The molecule has 2 aliphatic carbocycles. The lowest BCUT2D eigenvalue weighted by Crippen LogP contribution is -2.21. The van der Waals surface area contributed by atoms with Crippen LogP contribution in [-0.4, -0.2) is 17.4 Å². The minimum atomic E-state index is 0.313. The lowest BCUT2D eigenvalue weighted by molar-refractivity contribution is 0.294. The summed E-state index contributed by atoms with van der Waals surface area (Å²) in [6.07, 6.45) is 7.67. The monoisotopic (exact) mass is 243 g/mol. The van der Waals surface area contributed by atoms with Gasteiger partial charge in [0.1, 0.15) is 5.75 Å². The van der Waals surface area contributed by atoms with Gasteiger partial charge in [0.25, 0.3) is 0 Å². The molecule has 2 aliphatic rings. The van der Waals surface area contributed by atoms with Crippen molar-refractivity contribution >= 4 is 6.21 Å². The van der Waals surface area contributed by atoms with Crippen LogP contribution in [0, 0.1) is 17.8 Å². The zero-order valence-corrected chi connectivity index (χ0v) is 10.9. The Morgan fingerprint density at radius 3 is 2.61 bits per heavy atom. The number of hydrogen-bond donors (Lipinski definition) is 1. The molecule has 0 amide bonds. The SMILES string of the molecule is CC(N=Cc1ccc(O)cc1)C1CC2CCC1C2. The number of rotatable bonds is 3. The van der Waals surface area contributed by atoms with Crippen molar-refractivity contribution in [2.75, 3.05) is 0 Å². The van der Waals surface area contributed by atoms with Crippen LogP contribution in [0.15, 0.2) is 29.3 Å². The highest BCUT2D eigenvalue weighted by molar-refractivity contribution is 5.79. The molecular formula is C16H21NO. The maximum absolute atomic E-state index is 9.23. The molecule has 0 aliphatic heterocycles. The number of aromatic hydroxyl groups is 1. The topological polar surface area (TPSA) is 32.6 Å². The molecule has 0 saturated heterocycles. The van der Waals surface area contributed by atoms with Crippen LogP contribution in [0.4, 0.5) is 0 Å². The maximum Gasteiger partial charge on any atom is 0.115 e. The molecule has 0 heterocycles. The molecule has 1 N–H and O–H groups in total. The fourth-order valence-corrected chi connectivity index (χ4v) is 3.76. The summed E-state index contributed by atoms with van der Waals surface area (Å²) >= 11 is 0. The molecule has 4 unspecified atom stereocenters. The van der Waals surface area contributed by atoms with E-state index in [0.29, 0.717) is 11.8 Å². The van der Waals surface area contributed by atoms with Crippen molar-refractivity contribution in [3.8, 4) is 5.75 Å². The van der Waals surface area contributed by atoms with Gasteiger partial charge >= 0.3 is 0 Å². The molecule has 3 rings (SSSR count). The second-order valence-electron chi connectivity index (χ2n) is 5.95. The smallest absolute Gasteiger partial charge is 0.115 e. The molecule has 4 atom stereocenters. The third-order valence-electron chi connectivity index (χ3n) is 4.76. The summed E-state index contributed by atoms with van der Waals surface area (Å²) in [5.74, 6) is 3.04. The Labute approximate surface area is 109 Å². The van der Waals surface area contributed by atoms with E-state index in [1.165, 1.54) is 25.7 Å². The van der Waals surface area contributed by atoms with Gasteiger partial charge in [0.2, 0.25) is 0 Å². The first-order valence-electron chi connectivity index (χ1n) is 7.04. The van der Waals surface area contributed by atoms with Crippen LogP contribution in [0.3, 0.4) is 0 Å². The normalized spacial score (nSPS) is 32.2. The Bertz CT molecular complexity index is 437. The van der Waals surface area contributed by atoms with Gasteiger partial charge in [-0.1, -0.05) is 6.42 Å². The Hall–Kier alpha value is -1.31. The van der Waals surface area contributed by atoms with Gasteiger partial charge in [0, 0.05) is 6.21 Å². The van der Waals surface area contributed by atoms with Crippen molar-refractivity contribution in [1.29, 1.82) is 0 Å². The second kappa shape index (κ2) is 4.75. The van der Waals surface area contributed by atoms with E-state index in [1.807, 2.05) is 18.3 Å². The number of phenols is 1. The van der Waals surface area contributed by atoms with E-state index in [2.05, 4.69) is 6.92 Å². The summed E-state index contributed by atoms with van der Waals surface area (Å²) in [5, 5.41) is 9.23. The molecule has 1 aromatic rings. The molecule has 18 heavy (non-hydrogen) atoms. The zero-order chi connectivity index (χ0) is 12.5. The molecule has 2 nitrogen and oxygen atoms in total. The minimum Gasteiger partial charge on any atom is -0.508 e. The summed E-state index contributed by atoms with van der Waals surface area (Å²) < 4.78 is 0. The van der Waals surface area contributed by atoms with Gasteiger partial charge < -0.3 is 5.11 Å². The summed E-state index contributed by atoms with van der Waals surface area (Å²) in [7, 11) is 0. The van der Waals surface area contributed by atoms with E-state index >= 15 is 0 Å². The largest absolute Gasteiger partial charge is 0.508 e. The number of nitrogens with zero attached hydrogens (tertiary/aromatic N) is 1. The maximum atomic E-state index is 9.23. The molecule has 2 saturated carbocycles. The number of benzene rings is 1. The van der Waals surface area contributed by atoms with E-state index in [0.717, 1.165) is 23.3 Å². The Morgan fingerprint density at radius 1 is 1.22 bits per heavy atom. The first kappa shape index (κ1) is 11.8. The fraction of sp³-hybridized carbons (Fsp3) is 0.562. The standard InChI is InChI=1S/C16H21NO/c1-11(16-9-13-2-5-14(16)8-13)17-10-12-3-6-15(18)7-4-12/h3-4,6-7,10-11,13-14,16,18H,2,5,8-9H2,1H3. The Balaban J connectivity index is 1.63.